The Kier molecular flexibility index (Phi) is 4.21. The molecule has 0 atom stereocenters. The van der Waals surface area contributed by atoms with Gasteiger partial charge in [0.1, 0.15) is 5.75 Å². The maximum atomic E-state index is 12.4. The molecular weight excluding hydrogens is 252 g/mol. The van der Waals surface area contributed by atoms with E-state index >= 15 is 0 Å². The Morgan fingerprint density at radius 3 is 2.72 bits per heavy atom. The fraction of sp³-hybridized carbons (Fsp3) is 0.500. The van der Waals surface area contributed by atoms with Gasteiger partial charge in [-0.05, 0) is 19.1 Å². The number of piperazine rings is 1. The lowest BCUT2D eigenvalue weighted by atomic mass is 10.3. The Hall–Kier alpha value is -1.11. The first-order chi connectivity index (χ1) is 8.64. The maximum Gasteiger partial charge on any atom is 0.243 e. The molecule has 0 unspecified atom stereocenters. The van der Waals surface area contributed by atoms with Crippen LogP contribution >= 0.6 is 0 Å². The highest BCUT2D eigenvalue weighted by molar-refractivity contribution is 7.89. The van der Waals surface area contributed by atoms with Crippen molar-refractivity contribution >= 4 is 10.0 Å². The SMILES string of the molecule is CCOc1cccc(S(=O)(=O)N2CCNCC2)c1. The van der Waals surface area contributed by atoms with Crippen molar-refractivity contribution in [2.45, 2.75) is 11.8 Å². The van der Waals surface area contributed by atoms with Gasteiger partial charge in [-0.25, -0.2) is 8.42 Å². The fourth-order valence-electron chi connectivity index (χ4n) is 1.92. The van der Waals surface area contributed by atoms with Gasteiger partial charge in [0.25, 0.3) is 0 Å². The largest absolute Gasteiger partial charge is 0.494 e. The van der Waals surface area contributed by atoms with E-state index < -0.39 is 10.0 Å². The van der Waals surface area contributed by atoms with Crippen molar-refractivity contribution in [1.29, 1.82) is 0 Å². The summed E-state index contributed by atoms with van der Waals surface area (Å²) in [6, 6.07) is 6.67. The van der Waals surface area contributed by atoms with Gasteiger partial charge in [0.15, 0.2) is 0 Å². The van der Waals surface area contributed by atoms with Gasteiger partial charge in [0, 0.05) is 32.2 Å². The van der Waals surface area contributed by atoms with Gasteiger partial charge in [-0.3, -0.25) is 0 Å². The van der Waals surface area contributed by atoms with E-state index in [1.54, 1.807) is 24.3 Å². The third-order valence-corrected chi connectivity index (χ3v) is 4.72. The van der Waals surface area contributed by atoms with Crippen molar-refractivity contribution in [1.82, 2.24) is 9.62 Å². The Morgan fingerprint density at radius 1 is 1.33 bits per heavy atom. The summed E-state index contributed by atoms with van der Waals surface area (Å²) in [5.74, 6) is 0.591. The number of rotatable bonds is 4. The van der Waals surface area contributed by atoms with Crippen molar-refractivity contribution in [2.24, 2.45) is 0 Å². The van der Waals surface area contributed by atoms with E-state index in [-0.39, 0.29) is 0 Å². The topological polar surface area (TPSA) is 58.6 Å². The summed E-state index contributed by atoms with van der Waals surface area (Å²) >= 11 is 0. The van der Waals surface area contributed by atoms with Crippen LogP contribution in [-0.2, 0) is 10.0 Å². The molecule has 1 fully saturated rings. The fourth-order valence-corrected chi connectivity index (χ4v) is 3.40. The third-order valence-electron chi connectivity index (χ3n) is 2.83. The number of nitrogens with zero attached hydrogens (tertiary/aromatic N) is 1. The van der Waals surface area contributed by atoms with Gasteiger partial charge < -0.3 is 10.1 Å². The second kappa shape index (κ2) is 5.69. The first kappa shape index (κ1) is 13.3. The quantitative estimate of drug-likeness (QED) is 0.874. The number of hydrogen-bond donors (Lipinski definition) is 1. The van der Waals surface area contributed by atoms with E-state index in [2.05, 4.69) is 5.32 Å². The summed E-state index contributed by atoms with van der Waals surface area (Å²) in [5.41, 5.74) is 0. The molecule has 0 saturated carbocycles. The molecule has 0 bridgehead atoms. The average molecular weight is 270 g/mol. The van der Waals surface area contributed by atoms with Crippen molar-refractivity contribution in [3.05, 3.63) is 24.3 Å². The predicted octanol–water partition coefficient (Wildman–Crippen LogP) is 0.679. The van der Waals surface area contributed by atoms with Gasteiger partial charge in [0.05, 0.1) is 11.5 Å². The number of sulfonamides is 1. The summed E-state index contributed by atoms with van der Waals surface area (Å²) in [6.07, 6.45) is 0. The minimum atomic E-state index is -3.39. The molecule has 1 N–H and O–H groups in total. The van der Waals surface area contributed by atoms with Crippen LogP contribution in [-0.4, -0.2) is 45.5 Å². The summed E-state index contributed by atoms with van der Waals surface area (Å²) < 4.78 is 31.6. The van der Waals surface area contributed by atoms with Crippen LogP contribution in [0.1, 0.15) is 6.92 Å². The molecule has 18 heavy (non-hydrogen) atoms. The average Bonchev–Trinajstić information content (AvgIpc) is 2.40. The molecule has 1 aromatic carbocycles. The minimum absolute atomic E-state index is 0.301. The maximum absolute atomic E-state index is 12.4. The zero-order chi connectivity index (χ0) is 13.0. The lowest BCUT2D eigenvalue weighted by molar-refractivity contribution is 0.338. The van der Waals surface area contributed by atoms with Crippen molar-refractivity contribution < 1.29 is 13.2 Å². The lowest BCUT2D eigenvalue weighted by Crippen LogP contribution is -2.46. The van der Waals surface area contributed by atoms with Gasteiger partial charge in [-0.1, -0.05) is 6.07 Å². The zero-order valence-electron chi connectivity index (χ0n) is 10.4. The van der Waals surface area contributed by atoms with Crippen LogP contribution < -0.4 is 10.1 Å². The van der Waals surface area contributed by atoms with Crippen molar-refractivity contribution in [3.8, 4) is 5.75 Å². The smallest absolute Gasteiger partial charge is 0.243 e. The van der Waals surface area contributed by atoms with Crippen LogP contribution in [0.2, 0.25) is 0 Å². The van der Waals surface area contributed by atoms with Gasteiger partial charge in [0.2, 0.25) is 10.0 Å². The standard InChI is InChI=1S/C12H18N2O3S/c1-2-17-11-4-3-5-12(10-11)18(15,16)14-8-6-13-7-9-14/h3-5,10,13H,2,6-9H2,1H3. The van der Waals surface area contributed by atoms with Gasteiger partial charge >= 0.3 is 0 Å². The Morgan fingerprint density at radius 2 is 2.06 bits per heavy atom. The van der Waals surface area contributed by atoms with Crippen LogP contribution in [0.3, 0.4) is 0 Å². The summed E-state index contributed by atoms with van der Waals surface area (Å²) in [6.45, 7) is 4.83. The monoisotopic (exact) mass is 270 g/mol. The van der Waals surface area contributed by atoms with Gasteiger partial charge in [-0.15, -0.1) is 0 Å². The van der Waals surface area contributed by atoms with E-state index in [0.717, 1.165) is 0 Å². The second-order valence-corrected chi connectivity index (χ2v) is 6.00. The van der Waals surface area contributed by atoms with Crippen LogP contribution in [0.5, 0.6) is 5.75 Å². The molecule has 2 rings (SSSR count). The molecule has 100 valence electrons. The number of hydrogen-bond acceptors (Lipinski definition) is 4. The van der Waals surface area contributed by atoms with Crippen LogP contribution in [0.4, 0.5) is 0 Å². The number of benzene rings is 1. The number of nitrogens with one attached hydrogen (secondary N) is 1. The first-order valence-corrected chi connectivity index (χ1v) is 7.52. The van der Waals surface area contributed by atoms with E-state index in [4.69, 9.17) is 4.74 Å². The van der Waals surface area contributed by atoms with Gasteiger partial charge in [-0.2, -0.15) is 4.31 Å². The molecule has 6 heteroatoms. The highest BCUT2D eigenvalue weighted by atomic mass is 32.2. The summed E-state index contributed by atoms with van der Waals surface area (Å²) in [7, 11) is -3.39. The normalized spacial score (nSPS) is 17.6. The first-order valence-electron chi connectivity index (χ1n) is 6.08. The summed E-state index contributed by atoms with van der Waals surface area (Å²) in [4.78, 5) is 0.301. The van der Waals surface area contributed by atoms with E-state index in [9.17, 15) is 8.42 Å². The van der Waals surface area contributed by atoms with Crippen LogP contribution in [0.25, 0.3) is 0 Å². The van der Waals surface area contributed by atoms with E-state index in [1.165, 1.54) is 4.31 Å². The highest BCUT2D eigenvalue weighted by Crippen LogP contribution is 2.21. The van der Waals surface area contributed by atoms with E-state index in [1.807, 2.05) is 6.92 Å². The molecule has 5 nitrogen and oxygen atoms in total. The van der Waals surface area contributed by atoms with Crippen LogP contribution in [0, 0.1) is 0 Å². The minimum Gasteiger partial charge on any atom is -0.494 e. The molecule has 0 amide bonds. The lowest BCUT2D eigenvalue weighted by Gasteiger charge is -2.26. The van der Waals surface area contributed by atoms with Crippen LogP contribution in [0.15, 0.2) is 29.2 Å². The highest BCUT2D eigenvalue weighted by Gasteiger charge is 2.25. The third kappa shape index (κ3) is 2.82. The zero-order valence-corrected chi connectivity index (χ0v) is 11.2. The molecule has 0 radical (unpaired) electrons. The molecule has 1 heterocycles. The second-order valence-electron chi connectivity index (χ2n) is 4.06. The Labute approximate surface area is 108 Å². The molecule has 0 aromatic heterocycles. The molecule has 1 aliphatic rings. The Bertz CT molecular complexity index is 496. The summed E-state index contributed by atoms with van der Waals surface area (Å²) in [5, 5.41) is 3.14. The number of ether oxygens (including phenoxy) is 1. The van der Waals surface area contributed by atoms with Crippen molar-refractivity contribution in [3.63, 3.8) is 0 Å². The van der Waals surface area contributed by atoms with Crippen molar-refractivity contribution in [2.75, 3.05) is 32.8 Å². The molecular formula is C12H18N2O3S. The predicted molar refractivity (Wildman–Crippen MR) is 69.2 cm³/mol. The molecule has 0 spiro atoms. The molecule has 1 aromatic rings. The Balaban J connectivity index is 2.25. The molecule has 1 aliphatic heterocycles. The van der Waals surface area contributed by atoms with E-state index in [0.29, 0.717) is 43.4 Å². The molecule has 0 aliphatic carbocycles. The molecule has 1 saturated heterocycles.